The van der Waals surface area contributed by atoms with Gasteiger partial charge >= 0.3 is 6.09 Å². The summed E-state index contributed by atoms with van der Waals surface area (Å²) in [7, 11) is 0. The van der Waals surface area contributed by atoms with Gasteiger partial charge in [-0.3, -0.25) is 4.79 Å². The average Bonchev–Trinajstić information content (AvgIpc) is 2.73. The number of aliphatic hydroxyl groups is 2. The Morgan fingerprint density at radius 1 is 1.13 bits per heavy atom. The molecule has 0 bridgehead atoms. The topological polar surface area (TPSA) is 99.1 Å². The van der Waals surface area contributed by atoms with Crippen LogP contribution in [0, 0.1) is 22.7 Å². The molecule has 6 atom stereocenters. The standard InChI is InChI=1S/C24H42N2O5/c1-16(2)25-22(30)31-20-10-11-23(3)17(14-21(29)26-12-6-5-7-13-26)18(28)8-9-19(23)24(20,4)15-27/h16-20,27-28H,5-15H2,1-4H3,(H,25,30). The first kappa shape index (κ1) is 24.3. The van der Waals surface area contributed by atoms with E-state index in [-0.39, 0.29) is 41.9 Å². The van der Waals surface area contributed by atoms with E-state index < -0.39 is 17.6 Å². The number of alkyl carbamates (subject to hydrolysis) is 1. The van der Waals surface area contributed by atoms with Gasteiger partial charge in [-0.05, 0) is 76.0 Å². The van der Waals surface area contributed by atoms with Crippen molar-refractivity contribution in [2.75, 3.05) is 19.7 Å². The van der Waals surface area contributed by atoms with Gasteiger partial charge in [0.1, 0.15) is 6.10 Å². The van der Waals surface area contributed by atoms with Crippen LogP contribution in [0.1, 0.15) is 79.1 Å². The molecule has 3 N–H and O–H groups in total. The number of piperidine rings is 1. The fourth-order valence-electron chi connectivity index (χ4n) is 6.64. The van der Waals surface area contributed by atoms with E-state index in [9.17, 15) is 19.8 Å². The van der Waals surface area contributed by atoms with Crippen molar-refractivity contribution in [2.24, 2.45) is 22.7 Å². The second kappa shape index (κ2) is 9.65. The highest BCUT2D eigenvalue weighted by Crippen LogP contribution is 2.61. The van der Waals surface area contributed by atoms with Crippen molar-refractivity contribution in [3.05, 3.63) is 0 Å². The number of rotatable bonds is 5. The third-order valence-electron chi connectivity index (χ3n) is 8.44. The molecule has 1 aliphatic heterocycles. The summed E-state index contributed by atoms with van der Waals surface area (Å²) in [4.78, 5) is 27.3. The zero-order chi connectivity index (χ0) is 22.8. The average molecular weight is 439 g/mol. The van der Waals surface area contributed by atoms with Gasteiger partial charge in [0.25, 0.3) is 0 Å². The van der Waals surface area contributed by atoms with Crippen LogP contribution in [-0.4, -0.2) is 65.1 Å². The quantitative estimate of drug-likeness (QED) is 0.613. The van der Waals surface area contributed by atoms with Crippen LogP contribution in [0.5, 0.6) is 0 Å². The number of fused-ring (bicyclic) bond motifs is 1. The first-order valence-corrected chi connectivity index (χ1v) is 12.2. The maximum absolute atomic E-state index is 13.1. The Kier molecular flexibility index (Phi) is 7.57. The number of aliphatic hydroxyl groups excluding tert-OH is 2. The van der Waals surface area contributed by atoms with E-state index in [2.05, 4.69) is 12.2 Å². The predicted molar refractivity (Wildman–Crippen MR) is 118 cm³/mol. The first-order chi connectivity index (χ1) is 14.6. The number of hydrogen-bond donors (Lipinski definition) is 3. The zero-order valence-corrected chi connectivity index (χ0v) is 19.7. The molecule has 1 heterocycles. The second-order valence-corrected chi connectivity index (χ2v) is 10.9. The third-order valence-corrected chi connectivity index (χ3v) is 8.44. The molecular formula is C24H42N2O5. The summed E-state index contributed by atoms with van der Waals surface area (Å²) >= 11 is 0. The largest absolute Gasteiger partial charge is 0.446 e. The Balaban J connectivity index is 1.79. The molecule has 2 aliphatic carbocycles. The van der Waals surface area contributed by atoms with Crippen LogP contribution in [0.3, 0.4) is 0 Å². The van der Waals surface area contributed by atoms with Crippen molar-refractivity contribution >= 4 is 12.0 Å². The lowest BCUT2D eigenvalue weighted by atomic mass is 9.46. The van der Waals surface area contributed by atoms with E-state index in [4.69, 9.17) is 4.74 Å². The van der Waals surface area contributed by atoms with Gasteiger partial charge in [0.2, 0.25) is 5.91 Å². The fourth-order valence-corrected chi connectivity index (χ4v) is 6.64. The molecule has 0 radical (unpaired) electrons. The van der Waals surface area contributed by atoms with Crippen molar-refractivity contribution in [2.45, 2.75) is 97.3 Å². The molecule has 6 unspecified atom stereocenters. The summed E-state index contributed by atoms with van der Waals surface area (Å²) in [6.07, 6.45) is 5.05. The highest BCUT2D eigenvalue weighted by molar-refractivity contribution is 5.76. The van der Waals surface area contributed by atoms with Crippen LogP contribution >= 0.6 is 0 Å². The summed E-state index contributed by atoms with van der Waals surface area (Å²) < 4.78 is 5.79. The number of likely N-dealkylation sites (tertiary alicyclic amines) is 1. The monoisotopic (exact) mass is 438 g/mol. The van der Waals surface area contributed by atoms with Gasteiger partial charge in [0.15, 0.2) is 0 Å². The number of ether oxygens (including phenoxy) is 1. The Morgan fingerprint density at radius 2 is 1.81 bits per heavy atom. The number of nitrogens with zero attached hydrogens (tertiary/aromatic N) is 1. The maximum atomic E-state index is 13.1. The Morgan fingerprint density at radius 3 is 2.42 bits per heavy atom. The van der Waals surface area contributed by atoms with Gasteiger partial charge in [-0.1, -0.05) is 13.8 Å². The van der Waals surface area contributed by atoms with E-state index in [0.717, 1.165) is 38.8 Å². The molecule has 0 aromatic heterocycles. The highest BCUT2D eigenvalue weighted by atomic mass is 16.6. The van der Waals surface area contributed by atoms with Crippen molar-refractivity contribution in [3.8, 4) is 0 Å². The Labute approximate surface area is 186 Å². The highest BCUT2D eigenvalue weighted by Gasteiger charge is 2.60. The van der Waals surface area contributed by atoms with Crippen LogP contribution in [0.2, 0.25) is 0 Å². The lowest BCUT2D eigenvalue weighted by Gasteiger charge is -2.60. The van der Waals surface area contributed by atoms with Gasteiger partial charge in [0.05, 0.1) is 12.7 Å². The lowest BCUT2D eigenvalue weighted by Crippen LogP contribution is -2.61. The van der Waals surface area contributed by atoms with Crippen LogP contribution in [0.15, 0.2) is 0 Å². The molecule has 7 heteroatoms. The SMILES string of the molecule is CC(C)NC(=O)OC1CCC2(C)C(CC(=O)N3CCCCC3)C(O)CCC2C1(C)CO. The maximum Gasteiger partial charge on any atom is 0.407 e. The van der Waals surface area contributed by atoms with Crippen molar-refractivity contribution in [1.29, 1.82) is 0 Å². The van der Waals surface area contributed by atoms with Gasteiger partial charge in [-0.2, -0.15) is 0 Å². The minimum atomic E-state index is -0.603. The van der Waals surface area contributed by atoms with Crippen LogP contribution in [0.4, 0.5) is 4.79 Å². The van der Waals surface area contributed by atoms with E-state index in [1.165, 1.54) is 6.42 Å². The molecule has 2 amide bonds. The van der Waals surface area contributed by atoms with Gasteiger partial charge in [0, 0.05) is 31.0 Å². The normalized spacial score (nSPS) is 38.5. The minimum Gasteiger partial charge on any atom is -0.446 e. The number of carbonyl (C=O) groups is 2. The molecule has 31 heavy (non-hydrogen) atoms. The second-order valence-electron chi connectivity index (χ2n) is 10.9. The number of amides is 2. The summed E-state index contributed by atoms with van der Waals surface area (Å²) in [5, 5.41) is 24.2. The van der Waals surface area contributed by atoms with Gasteiger partial charge < -0.3 is 25.2 Å². The molecule has 0 spiro atoms. The van der Waals surface area contributed by atoms with Crippen LogP contribution in [0.25, 0.3) is 0 Å². The molecule has 3 aliphatic rings. The van der Waals surface area contributed by atoms with E-state index >= 15 is 0 Å². The molecule has 7 nitrogen and oxygen atoms in total. The smallest absolute Gasteiger partial charge is 0.407 e. The van der Waals surface area contributed by atoms with Crippen molar-refractivity contribution in [3.63, 3.8) is 0 Å². The third kappa shape index (κ3) is 4.87. The Hall–Kier alpha value is -1.34. The summed E-state index contributed by atoms with van der Waals surface area (Å²) in [5.74, 6) is 0.0705. The molecule has 1 saturated heterocycles. The summed E-state index contributed by atoms with van der Waals surface area (Å²) in [6, 6.07) is -0.0169. The molecular weight excluding hydrogens is 396 g/mol. The number of hydrogen-bond acceptors (Lipinski definition) is 5. The molecule has 2 saturated carbocycles. The van der Waals surface area contributed by atoms with Crippen LogP contribution < -0.4 is 5.32 Å². The fraction of sp³-hybridized carbons (Fsp3) is 0.917. The van der Waals surface area contributed by atoms with Gasteiger partial charge in [-0.25, -0.2) is 4.79 Å². The molecule has 3 rings (SSSR count). The minimum absolute atomic E-state index is 0.0169. The van der Waals surface area contributed by atoms with E-state index in [1.54, 1.807) is 0 Å². The van der Waals surface area contributed by atoms with E-state index in [0.29, 0.717) is 19.3 Å². The number of nitrogens with one attached hydrogen (secondary N) is 1. The predicted octanol–water partition coefficient (Wildman–Crippen LogP) is 3.08. The van der Waals surface area contributed by atoms with E-state index in [1.807, 2.05) is 25.7 Å². The van der Waals surface area contributed by atoms with Crippen LogP contribution in [-0.2, 0) is 9.53 Å². The van der Waals surface area contributed by atoms with Crippen molar-refractivity contribution < 1.29 is 24.5 Å². The molecule has 0 aromatic rings. The summed E-state index contributed by atoms with van der Waals surface area (Å²) in [6.45, 7) is 9.49. The van der Waals surface area contributed by atoms with Gasteiger partial charge in [-0.15, -0.1) is 0 Å². The Bertz CT molecular complexity index is 650. The lowest BCUT2D eigenvalue weighted by molar-refractivity contribution is -0.187. The molecule has 178 valence electrons. The molecule has 3 fully saturated rings. The summed E-state index contributed by atoms with van der Waals surface area (Å²) in [5.41, 5.74) is -0.886. The van der Waals surface area contributed by atoms with Crippen molar-refractivity contribution in [1.82, 2.24) is 10.2 Å². The molecule has 0 aromatic carbocycles. The zero-order valence-electron chi connectivity index (χ0n) is 19.7. The number of carbonyl (C=O) groups excluding carboxylic acids is 2. The first-order valence-electron chi connectivity index (χ1n) is 12.2.